The van der Waals surface area contributed by atoms with Gasteiger partial charge in [-0.1, -0.05) is 48.5 Å². The van der Waals surface area contributed by atoms with Gasteiger partial charge in [0.15, 0.2) is 0 Å². The summed E-state index contributed by atoms with van der Waals surface area (Å²) >= 11 is 0. The lowest BCUT2D eigenvalue weighted by molar-refractivity contribution is -0.141. The fourth-order valence-corrected chi connectivity index (χ4v) is 6.86. The number of hydrogen-bond acceptors (Lipinski definition) is 6. The molecule has 3 heterocycles. The number of methoxy groups -OCH3 is 1. The smallest absolute Gasteiger partial charge is 0.250 e. The van der Waals surface area contributed by atoms with Gasteiger partial charge in [-0.15, -0.1) is 0 Å². The summed E-state index contributed by atoms with van der Waals surface area (Å²) in [4.78, 5) is 47.7. The first-order valence-electron chi connectivity index (χ1n) is 15.5. The number of amides is 3. The van der Waals surface area contributed by atoms with Crippen LogP contribution in [-0.2, 0) is 20.8 Å². The summed E-state index contributed by atoms with van der Waals surface area (Å²) in [7, 11) is 1.62. The van der Waals surface area contributed by atoms with Crippen LogP contribution in [0.3, 0.4) is 0 Å². The molecule has 0 aromatic heterocycles. The van der Waals surface area contributed by atoms with Crippen molar-refractivity contribution in [3.63, 3.8) is 0 Å². The van der Waals surface area contributed by atoms with Gasteiger partial charge in [0.25, 0.3) is 0 Å². The number of nitrogens with one attached hydrogen (secondary N) is 2. The maximum absolute atomic E-state index is 14.2. The quantitative estimate of drug-likeness (QED) is 0.409. The standard InChI is InChI=1S/C35H41N5O4/c1-24(2)39-23-40(26-9-5-4-6-10-26)35(34(39)43)17-19-38(20-18-35)33(42)31(21-25-13-15-27(44-3)16-14-25)37-32(41)29-22-36-30-12-8-7-11-28(29)30/h4-16,24,29,31,36H,17-23H2,1-3H3,(H,37,41)/t29?,31-/m1/s1. The number of hydrogen-bond donors (Lipinski definition) is 2. The van der Waals surface area contributed by atoms with E-state index in [2.05, 4.69) is 15.5 Å². The molecule has 2 N–H and O–H groups in total. The van der Waals surface area contributed by atoms with E-state index in [0.717, 1.165) is 28.3 Å². The first-order valence-corrected chi connectivity index (χ1v) is 15.5. The third-order valence-electron chi connectivity index (χ3n) is 9.43. The summed E-state index contributed by atoms with van der Waals surface area (Å²) in [6.07, 6.45) is 1.41. The highest BCUT2D eigenvalue weighted by atomic mass is 16.5. The summed E-state index contributed by atoms with van der Waals surface area (Å²) in [5, 5.41) is 6.42. The van der Waals surface area contributed by atoms with Gasteiger partial charge in [0.05, 0.1) is 19.7 Å². The second-order valence-corrected chi connectivity index (χ2v) is 12.3. The molecule has 2 saturated heterocycles. The van der Waals surface area contributed by atoms with Crippen molar-refractivity contribution in [2.24, 2.45) is 0 Å². The van der Waals surface area contributed by atoms with Crippen molar-refractivity contribution < 1.29 is 19.1 Å². The highest BCUT2D eigenvalue weighted by Crippen LogP contribution is 2.40. The third kappa shape index (κ3) is 5.47. The van der Waals surface area contributed by atoms with Gasteiger partial charge in [0.1, 0.15) is 17.3 Å². The fraction of sp³-hybridized carbons (Fsp3) is 0.400. The van der Waals surface area contributed by atoms with Crippen LogP contribution in [0.25, 0.3) is 0 Å². The molecule has 2 fully saturated rings. The SMILES string of the molecule is COc1ccc(C[C@@H](NC(=O)C2CNc3ccccc32)C(=O)N2CCC3(CC2)C(=O)N(C(C)C)CN3c2ccccc2)cc1. The molecule has 230 valence electrons. The normalized spacial score (nSPS) is 19.6. The van der Waals surface area contributed by atoms with Gasteiger partial charge in [-0.25, -0.2) is 0 Å². The third-order valence-corrected chi connectivity index (χ3v) is 9.43. The van der Waals surface area contributed by atoms with Gasteiger partial charge in [0.2, 0.25) is 17.7 Å². The zero-order valence-electron chi connectivity index (χ0n) is 25.7. The average Bonchev–Trinajstić information content (AvgIpc) is 3.61. The topological polar surface area (TPSA) is 94.2 Å². The Morgan fingerprint density at radius 3 is 2.34 bits per heavy atom. The Morgan fingerprint density at radius 1 is 0.977 bits per heavy atom. The maximum atomic E-state index is 14.2. The Hall–Kier alpha value is -4.53. The van der Waals surface area contributed by atoms with Crippen molar-refractivity contribution >= 4 is 29.1 Å². The monoisotopic (exact) mass is 595 g/mol. The molecule has 0 saturated carbocycles. The van der Waals surface area contributed by atoms with Gasteiger partial charge in [0, 0.05) is 43.5 Å². The molecule has 0 radical (unpaired) electrons. The Bertz CT molecular complexity index is 1500. The number of fused-ring (bicyclic) bond motifs is 1. The number of benzene rings is 3. The first-order chi connectivity index (χ1) is 21.3. The van der Waals surface area contributed by atoms with E-state index in [4.69, 9.17) is 4.74 Å². The zero-order chi connectivity index (χ0) is 30.8. The largest absolute Gasteiger partial charge is 0.497 e. The van der Waals surface area contributed by atoms with Gasteiger partial charge < -0.3 is 30.1 Å². The molecule has 9 nitrogen and oxygen atoms in total. The van der Waals surface area contributed by atoms with Gasteiger partial charge in [-0.3, -0.25) is 14.4 Å². The van der Waals surface area contributed by atoms with Gasteiger partial charge >= 0.3 is 0 Å². The van der Waals surface area contributed by atoms with E-state index in [1.807, 2.05) is 103 Å². The molecule has 3 aliphatic rings. The van der Waals surface area contributed by atoms with Crippen LogP contribution in [0.4, 0.5) is 11.4 Å². The molecule has 44 heavy (non-hydrogen) atoms. The van der Waals surface area contributed by atoms with Crippen LogP contribution in [0.2, 0.25) is 0 Å². The van der Waals surface area contributed by atoms with Crippen LogP contribution in [0.1, 0.15) is 43.7 Å². The molecule has 0 bridgehead atoms. The molecule has 6 rings (SSSR count). The van der Waals surface area contributed by atoms with Crippen molar-refractivity contribution in [1.29, 1.82) is 0 Å². The molecule has 2 atom stereocenters. The van der Waals surface area contributed by atoms with Crippen molar-refractivity contribution in [1.82, 2.24) is 15.1 Å². The Balaban J connectivity index is 1.22. The second kappa shape index (κ2) is 12.2. The van der Waals surface area contributed by atoms with E-state index in [1.54, 1.807) is 7.11 Å². The minimum Gasteiger partial charge on any atom is -0.497 e. The molecular weight excluding hydrogens is 554 g/mol. The van der Waals surface area contributed by atoms with Gasteiger partial charge in [-0.2, -0.15) is 0 Å². The number of anilines is 2. The number of rotatable bonds is 8. The van der Waals surface area contributed by atoms with Crippen LogP contribution >= 0.6 is 0 Å². The van der Waals surface area contributed by atoms with E-state index < -0.39 is 11.6 Å². The van der Waals surface area contributed by atoms with E-state index in [0.29, 0.717) is 45.6 Å². The fourth-order valence-electron chi connectivity index (χ4n) is 6.86. The summed E-state index contributed by atoms with van der Waals surface area (Å²) in [6, 6.07) is 24.8. The summed E-state index contributed by atoms with van der Waals surface area (Å²) in [6.45, 7) is 5.98. The molecule has 9 heteroatoms. The highest BCUT2D eigenvalue weighted by molar-refractivity contribution is 5.95. The Kier molecular flexibility index (Phi) is 8.21. The number of ether oxygens (including phenoxy) is 1. The van der Waals surface area contributed by atoms with E-state index in [-0.39, 0.29) is 29.7 Å². The molecule has 3 aliphatic heterocycles. The van der Waals surface area contributed by atoms with Crippen LogP contribution in [0.5, 0.6) is 5.75 Å². The zero-order valence-corrected chi connectivity index (χ0v) is 25.7. The van der Waals surface area contributed by atoms with E-state index >= 15 is 0 Å². The number of carbonyl (C=O) groups excluding carboxylic acids is 3. The molecule has 1 spiro atoms. The molecule has 1 unspecified atom stereocenters. The Labute approximate surface area is 259 Å². The van der Waals surface area contributed by atoms with Crippen molar-refractivity contribution in [2.75, 3.05) is 43.6 Å². The summed E-state index contributed by atoms with van der Waals surface area (Å²) in [5.74, 6) is 0.186. The maximum Gasteiger partial charge on any atom is 0.250 e. The van der Waals surface area contributed by atoms with Crippen molar-refractivity contribution in [3.8, 4) is 5.75 Å². The predicted octanol–water partition coefficient (Wildman–Crippen LogP) is 4.01. The second-order valence-electron chi connectivity index (χ2n) is 12.3. The summed E-state index contributed by atoms with van der Waals surface area (Å²) in [5.41, 5.74) is 3.13. The number of likely N-dealkylation sites (tertiary alicyclic amines) is 1. The molecular formula is C35H41N5O4. The first kappa shape index (κ1) is 29.5. The van der Waals surface area contributed by atoms with Crippen LogP contribution in [-0.4, -0.2) is 78.6 Å². The lowest BCUT2D eigenvalue weighted by Gasteiger charge is -2.44. The minimum atomic E-state index is -0.741. The van der Waals surface area contributed by atoms with Crippen molar-refractivity contribution in [2.45, 2.75) is 56.7 Å². The molecule has 0 aliphatic carbocycles. The van der Waals surface area contributed by atoms with Crippen LogP contribution < -0.4 is 20.3 Å². The van der Waals surface area contributed by atoms with E-state index in [1.165, 1.54) is 0 Å². The van der Waals surface area contributed by atoms with Gasteiger partial charge in [-0.05, 0) is 68.1 Å². The molecule has 3 aromatic carbocycles. The lowest BCUT2D eigenvalue weighted by Crippen LogP contribution is -2.60. The molecule has 3 aromatic rings. The van der Waals surface area contributed by atoms with Crippen molar-refractivity contribution in [3.05, 3.63) is 90.0 Å². The average molecular weight is 596 g/mol. The number of carbonyl (C=O) groups is 3. The van der Waals surface area contributed by atoms with E-state index in [9.17, 15) is 14.4 Å². The Morgan fingerprint density at radius 2 is 1.66 bits per heavy atom. The van der Waals surface area contributed by atoms with Crippen LogP contribution in [0.15, 0.2) is 78.9 Å². The number of para-hydroxylation sites is 2. The predicted molar refractivity (Wildman–Crippen MR) is 171 cm³/mol. The lowest BCUT2D eigenvalue weighted by atomic mass is 9.85. The van der Waals surface area contributed by atoms with Crippen LogP contribution in [0, 0.1) is 0 Å². The molecule has 3 amide bonds. The highest BCUT2D eigenvalue weighted by Gasteiger charge is 2.54. The number of piperidine rings is 1. The number of nitrogens with zero attached hydrogens (tertiary/aromatic N) is 3. The minimum absolute atomic E-state index is 0.0760. The summed E-state index contributed by atoms with van der Waals surface area (Å²) < 4.78 is 5.31.